The highest BCUT2D eigenvalue weighted by molar-refractivity contribution is 7.09. The minimum Gasteiger partial charge on any atom is -0.316 e. The quantitative estimate of drug-likeness (QED) is 0.746. The van der Waals surface area contributed by atoms with Crippen molar-refractivity contribution in [3.63, 3.8) is 0 Å². The lowest BCUT2D eigenvalue weighted by Gasteiger charge is -2.17. The van der Waals surface area contributed by atoms with Gasteiger partial charge in [0.2, 0.25) is 0 Å². The van der Waals surface area contributed by atoms with E-state index < -0.39 is 0 Å². The van der Waals surface area contributed by atoms with Crippen molar-refractivity contribution >= 4 is 11.3 Å². The number of thiazole rings is 1. The van der Waals surface area contributed by atoms with E-state index in [9.17, 15) is 0 Å². The zero-order chi connectivity index (χ0) is 14.2. The second-order valence-electron chi connectivity index (χ2n) is 5.44. The van der Waals surface area contributed by atoms with Crippen LogP contribution < -0.4 is 5.32 Å². The molecule has 0 saturated heterocycles. The van der Waals surface area contributed by atoms with Crippen molar-refractivity contribution < 1.29 is 0 Å². The molecule has 0 amide bonds. The zero-order valence-electron chi connectivity index (χ0n) is 12.4. The first-order chi connectivity index (χ1) is 9.78. The standard InChI is InChI=1S/C17H24N2S/c1-3-7-18-11-16(10-17-12-19-13-20-17)9-15-6-4-5-14(2)8-15/h4-6,8,12-13,16,18H,3,7,9-11H2,1-2H3. The van der Waals surface area contributed by atoms with E-state index in [-0.39, 0.29) is 0 Å². The molecule has 3 heteroatoms. The Hall–Kier alpha value is -1.19. The molecular weight excluding hydrogens is 264 g/mol. The van der Waals surface area contributed by atoms with Crippen LogP contribution in [0.5, 0.6) is 0 Å². The fourth-order valence-corrected chi connectivity index (χ4v) is 3.21. The van der Waals surface area contributed by atoms with Gasteiger partial charge in [0.15, 0.2) is 0 Å². The highest BCUT2D eigenvalue weighted by Gasteiger charge is 2.11. The predicted octanol–water partition coefficient (Wildman–Crippen LogP) is 3.85. The van der Waals surface area contributed by atoms with Crippen LogP contribution in [0.15, 0.2) is 36.0 Å². The normalized spacial score (nSPS) is 12.5. The summed E-state index contributed by atoms with van der Waals surface area (Å²) in [5.74, 6) is 0.642. The Morgan fingerprint density at radius 2 is 2.20 bits per heavy atom. The molecule has 1 unspecified atom stereocenters. The lowest BCUT2D eigenvalue weighted by molar-refractivity contribution is 0.473. The van der Waals surface area contributed by atoms with Crippen molar-refractivity contribution in [1.82, 2.24) is 10.3 Å². The number of aryl methyl sites for hydroxylation is 1. The number of aromatic nitrogens is 1. The molecule has 20 heavy (non-hydrogen) atoms. The lowest BCUT2D eigenvalue weighted by Crippen LogP contribution is -2.26. The van der Waals surface area contributed by atoms with Crippen LogP contribution >= 0.6 is 11.3 Å². The third-order valence-corrected chi connectivity index (χ3v) is 4.24. The summed E-state index contributed by atoms with van der Waals surface area (Å²) in [5.41, 5.74) is 4.72. The van der Waals surface area contributed by atoms with E-state index in [1.807, 2.05) is 11.7 Å². The molecule has 108 valence electrons. The summed E-state index contributed by atoms with van der Waals surface area (Å²) in [7, 11) is 0. The van der Waals surface area contributed by atoms with Gasteiger partial charge in [-0.15, -0.1) is 11.3 Å². The summed E-state index contributed by atoms with van der Waals surface area (Å²) < 4.78 is 0. The molecule has 1 N–H and O–H groups in total. The maximum atomic E-state index is 4.19. The van der Waals surface area contributed by atoms with E-state index in [4.69, 9.17) is 0 Å². The van der Waals surface area contributed by atoms with Crippen LogP contribution in [-0.4, -0.2) is 18.1 Å². The molecule has 1 aromatic heterocycles. The van der Waals surface area contributed by atoms with Gasteiger partial charge < -0.3 is 5.32 Å². The van der Waals surface area contributed by atoms with Gasteiger partial charge in [0.1, 0.15) is 0 Å². The highest BCUT2D eigenvalue weighted by atomic mass is 32.1. The van der Waals surface area contributed by atoms with Crippen molar-refractivity contribution in [3.05, 3.63) is 52.0 Å². The molecular formula is C17H24N2S. The summed E-state index contributed by atoms with van der Waals surface area (Å²) >= 11 is 1.77. The SMILES string of the molecule is CCCNCC(Cc1cccc(C)c1)Cc1cncs1. The van der Waals surface area contributed by atoms with E-state index in [2.05, 4.69) is 48.4 Å². The number of benzene rings is 1. The average Bonchev–Trinajstić information content (AvgIpc) is 2.92. The van der Waals surface area contributed by atoms with E-state index in [1.165, 1.54) is 22.4 Å². The Labute approximate surface area is 126 Å². The van der Waals surface area contributed by atoms with Gasteiger partial charge in [0, 0.05) is 11.1 Å². The zero-order valence-corrected chi connectivity index (χ0v) is 13.2. The molecule has 1 heterocycles. The Morgan fingerprint density at radius 3 is 2.90 bits per heavy atom. The van der Waals surface area contributed by atoms with Crippen LogP contribution in [0.25, 0.3) is 0 Å². The van der Waals surface area contributed by atoms with E-state index in [0.29, 0.717) is 5.92 Å². The van der Waals surface area contributed by atoms with Gasteiger partial charge in [-0.2, -0.15) is 0 Å². The van der Waals surface area contributed by atoms with Crippen LogP contribution in [0.3, 0.4) is 0 Å². The van der Waals surface area contributed by atoms with Crippen LogP contribution in [0.4, 0.5) is 0 Å². The molecule has 0 aliphatic carbocycles. The second kappa shape index (κ2) is 8.18. The number of nitrogens with zero attached hydrogens (tertiary/aromatic N) is 1. The van der Waals surface area contributed by atoms with Gasteiger partial charge in [-0.3, -0.25) is 4.98 Å². The first-order valence-electron chi connectivity index (χ1n) is 7.41. The number of hydrogen-bond acceptors (Lipinski definition) is 3. The second-order valence-corrected chi connectivity index (χ2v) is 6.41. The van der Waals surface area contributed by atoms with E-state index >= 15 is 0 Å². The minimum atomic E-state index is 0.642. The summed E-state index contributed by atoms with van der Waals surface area (Å²) in [6.45, 7) is 6.56. The summed E-state index contributed by atoms with van der Waals surface area (Å²) in [6, 6.07) is 8.87. The summed E-state index contributed by atoms with van der Waals surface area (Å²) in [6.07, 6.45) is 5.46. The average molecular weight is 288 g/mol. The van der Waals surface area contributed by atoms with Gasteiger partial charge in [0.25, 0.3) is 0 Å². The molecule has 0 fully saturated rings. The largest absolute Gasteiger partial charge is 0.316 e. The number of rotatable bonds is 8. The van der Waals surface area contributed by atoms with Crippen molar-refractivity contribution in [1.29, 1.82) is 0 Å². The van der Waals surface area contributed by atoms with Gasteiger partial charge >= 0.3 is 0 Å². The molecule has 1 aromatic carbocycles. The molecule has 0 saturated carbocycles. The predicted molar refractivity (Wildman–Crippen MR) is 87.4 cm³/mol. The van der Waals surface area contributed by atoms with Gasteiger partial charge in [-0.05, 0) is 50.8 Å². The molecule has 2 rings (SSSR count). The van der Waals surface area contributed by atoms with Crippen LogP contribution in [0.1, 0.15) is 29.3 Å². The monoisotopic (exact) mass is 288 g/mol. The van der Waals surface area contributed by atoms with Crippen molar-refractivity contribution in [3.8, 4) is 0 Å². The molecule has 0 aliphatic rings. The van der Waals surface area contributed by atoms with Gasteiger partial charge in [0.05, 0.1) is 5.51 Å². The third-order valence-electron chi connectivity index (χ3n) is 3.44. The number of nitrogens with one attached hydrogen (secondary N) is 1. The fourth-order valence-electron chi connectivity index (χ4n) is 2.50. The molecule has 2 nitrogen and oxygen atoms in total. The van der Waals surface area contributed by atoms with E-state index in [1.54, 1.807) is 11.3 Å². The van der Waals surface area contributed by atoms with Crippen molar-refractivity contribution in [2.45, 2.75) is 33.1 Å². The molecule has 0 aliphatic heterocycles. The van der Waals surface area contributed by atoms with Crippen molar-refractivity contribution in [2.24, 2.45) is 5.92 Å². The highest BCUT2D eigenvalue weighted by Crippen LogP contribution is 2.17. The molecule has 0 bridgehead atoms. The molecule has 0 radical (unpaired) electrons. The Bertz CT molecular complexity index is 493. The van der Waals surface area contributed by atoms with Gasteiger partial charge in [-0.25, -0.2) is 0 Å². The molecule has 2 aromatic rings. The molecule has 1 atom stereocenters. The third kappa shape index (κ3) is 5.06. The topological polar surface area (TPSA) is 24.9 Å². The van der Waals surface area contributed by atoms with Crippen LogP contribution in [0.2, 0.25) is 0 Å². The minimum absolute atomic E-state index is 0.642. The van der Waals surface area contributed by atoms with E-state index in [0.717, 1.165) is 25.9 Å². The van der Waals surface area contributed by atoms with Gasteiger partial charge in [-0.1, -0.05) is 36.8 Å². The molecule has 0 spiro atoms. The first kappa shape index (κ1) is 15.2. The van der Waals surface area contributed by atoms with Crippen LogP contribution in [-0.2, 0) is 12.8 Å². The maximum Gasteiger partial charge on any atom is 0.0794 e. The van der Waals surface area contributed by atoms with Crippen LogP contribution in [0, 0.1) is 12.8 Å². The fraction of sp³-hybridized carbons (Fsp3) is 0.471. The lowest BCUT2D eigenvalue weighted by atomic mass is 9.94. The Balaban J connectivity index is 1.97. The van der Waals surface area contributed by atoms with Crippen molar-refractivity contribution in [2.75, 3.05) is 13.1 Å². The summed E-state index contributed by atoms with van der Waals surface area (Å²) in [5, 5.41) is 3.57. The Kier molecular flexibility index (Phi) is 6.22. The Morgan fingerprint density at radius 1 is 1.30 bits per heavy atom. The summed E-state index contributed by atoms with van der Waals surface area (Å²) in [4.78, 5) is 5.58. The maximum absolute atomic E-state index is 4.19. The number of hydrogen-bond donors (Lipinski definition) is 1. The first-order valence-corrected chi connectivity index (χ1v) is 8.29. The smallest absolute Gasteiger partial charge is 0.0794 e.